The summed E-state index contributed by atoms with van der Waals surface area (Å²) in [5.41, 5.74) is 0.477. The van der Waals surface area contributed by atoms with E-state index in [1.165, 1.54) is 6.07 Å². The highest BCUT2D eigenvalue weighted by Crippen LogP contribution is 2.16. The Kier molecular flexibility index (Phi) is 5.80. The molecule has 5 nitrogen and oxygen atoms in total. The molecular formula is C14H19BrFN3O2S. The lowest BCUT2D eigenvalue weighted by molar-refractivity contribution is 0.599. The quantitative estimate of drug-likeness (QED) is 0.606. The lowest BCUT2D eigenvalue weighted by Crippen LogP contribution is -2.44. The maximum atomic E-state index is 13.7. The molecule has 1 aliphatic heterocycles. The minimum Gasteiger partial charge on any atom is -0.357 e. The Morgan fingerprint density at radius 1 is 1.50 bits per heavy atom. The van der Waals surface area contributed by atoms with Crippen LogP contribution in [0.3, 0.4) is 0 Å². The van der Waals surface area contributed by atoms with Gasteiger partial charge in [-0.25, -0.2) is 17.8 Å². The summed E-state index contributed by atoms with van der Waals surface area (Å²) in [7, 11) is -2.95. The van der Waals surface area contributed by atoms with Crippen molar-refractivity contribution in [2.45, 2.75) is 25.9 Å². The second-order valence-corrected chi connectivity index (χ2v) is 8.32. The SMILES string of the molecule is CCNC(=NCc1cc(Br)ccc1F)NC1CCS(=O)(=O)C1. The van der Waals surface area contributed by atoms with Crippen molar-refractivity contribution >= 4 is 31.7 Å². The Bertz CT molecular complexity index is 664. The van der Waals surface area contributed by atoms with Gasteiger partial charge in [0.15, 0.2) is 15.8 Å². The maximum Gasteiger partial charge on any atom is 0.191 e. The summed E-state index contributed by atoms with van der Waals surface area (Å²) in [6, 6.07) is 4.56. The van der Waals surface area contributed by atoms with Gasteiger partial charge in [-0.3, -0.25) is 0 Å². The molecule has 0 saturated carbocycles. The van der Waals surface area contributed by atoms with Crippen LogP contribution in [0.1, 0.15) is 18.9 Å². The Morgan fingerprint density at radius 3 is 2.91 bits per heavy atom. The van der Waals surface area contributed by atoms with Crippen LogP contribution in [0, 0.1) is 5.82 Å². The van der Waals surface area contributed by atoms with E-state index >= 15 is 0 Å². The molecule has 1 fully saturated rings. The van der Waals surface area contributed by atoms with E-state index in [2.05, 4.69) is 31.6 Å². The highest BCUT2D eigenvalue weighted by atomic mass is 79.9. The van der Waals surface area contributed by atoms with Gasteiger partial charge in [-0.2, -0.15) is 0 Å². The fourth-order valence-electron chi connectivity index (χ4n) is 2.25. The van der Waals surface area contributed by atoms with Crippen LogP contribution < -0.4 is 10.6 Å². The third-order valence-corrected chi connectivity index (χ3v) is 5.59. The largest absolute Gasteiger partial charge is 0.357 e. The first-order valence-electron chi connectivity index (χ1n) is 7.09. The van der Waals surface area contributed by atoms with Crippen LogP contribution in [0.5, 0.6) is 0 Å². The van der Waals surface area contributed by atoms with Gasteiger partial charge < -0.3 is 10.6 Å². The topological polar surface area (TPSA) is 70.6 Å². The van der Waals surface area contributed by atoms with Gasteiger partial charge in [0, 0.05) is 22.6 Å². The summed E-state index contributed by atoms with van der Waals surface area (Å²) in [5, 5.41) is 6.15. The van der Waals surface area contributed by atoms with Crippen molar-refractivity contribution in [3.05, 3.63) is 34.1 Å². The van der Waals surface area contributed by atoms with E-state index in [9.17, 15) is 12.8 Å². The molecule has 1 unspecified atom stereocenters. The normalized spacial score (nSPS) is 20.9. The molecule has 0 aromatic heterocycles. The monoisotopic (exact) mass is 391 g/mol. The van der Waals surface area contributed by atoms with Crippen LogP contribution in [-0.2, 0) is 16.4 Å². The van der Waals surface area contributed by atoms with Crippen molar-refractivity contribution in [2.24, 2.45) is 4.99 Å². The third-order valence-electron chi connectivity index (χ3n) is 3.33. The smallest absolute Gasteiger partial charge is 0.191 e. The molecule has 0 aliphatic carbocycles. The Morgan fingerprint density at radius 2 is 2.27 bits per heavy atom. The molecule has 1 heterocycles. The van der Waals surface area contributed by atoms with Crippen molar-refractivity contribution in [3.63, 3.8) is 0 Å². The first-order chi connectivity index (χ1) is 10.4. The van der Waals surface area contributed by atoms with Crippen molar-refractivity contribution in [3.8, 4) is 0 Å². The van der Waals surface area contributed by atoms with Crippen molar-refractivity contribution in [2.75, 3.05) is 18.1 Å². The predicted molar refractivity (Wildman–Crippen MR) is 89.1 cm³/mol. The van der Waals surface area contributed by atoms with Gasteiger partial charge in [0.1, 0.15) is 5.82 Å². The number of hydrogen-bond acceptors (Lipinski definition) is 3. The van der Waals surface area contributed by atoms with Crippen molar-refractivity contribution in [1.82, 2.24) is 10.6 Å². The number of aliphatic imine (C=N–C) groups is 1. The number of rotatable bonds is 4. The summed E-state index contributed by atoms with van der Waals surface area (Å²) in [6.07, 6.45) is 0.567. The summed E-state index contributed by atoms with van der Waals surface area (Å²) in [5.74, 6) is 0.503. The number of guanidine groups is 1. The highest BCUT2D eigenvalue weighted by Gasteiger charge is 2.28. The van der Waals surface area contributed by atoms with Gasteiger partial charge in [-0.1, -0.05) is 15.9 Å². The van der Waals surface area contributed by atoms with Gasteiger partial charge in [0.2, 0.25) is 0 Å². The zero-order valence-corrected chi connectivity index (χ0v) is 14.7. The number of halogens is 2. The van der Waals surface area contributed by atoms with E-state index in [1.54, 1.807) is 12.1 Å². The van der Waals surface area contributed by atoms with Crippen LogP contribution in [0.2, 0.25) is 0 Å². The van der Waals surface area contributed by atoms with E-state index in [1.807, 2.05) is 6.92 Å². The van der Waals surface area contributed by atoms with Gasteiger partial charge in [0.05, 0.1) is 18.1 Å². The first kappa shape index (κ1) is 17.2. The van der Waals surface area contributed by atoms with Crippen LogP contribution in [0.15, 0.2) is 27.7 Å². The van der Waals surface area contributed by atoms with Crippen molar-refractivity contribution in [1.29, 1.82) is 0 Å². The summed E-state index contributed by atoms with van der Waals surface area (Å²) < 4.78 is 37.5. The molecule has 1 aromatic rings. The molecule has 1 saturated heterocycles. The molecule has 1 aromatic carbocycles. The van der Waals surface area contributed by atoms with Gasteiger partial charge in [-0.15, -0.1) is 0 Å². The van der Waals surface area contributed by atoms with E-state index in [-0.39, 0.29) is 29.9 Å². The molecule has 0 radical (unpaired) electrons. The molecule has 1 aliphatic rings. The number of nitrogens with zero attached hydrogens (tertiary/aromatic N) is 1. The first-order valence-corrected chi connectivity index (χ1v) is 9.70. The Labute approximate surface area is 138 Å². The molecule has 2 rings (SSSR count). The average molecular weight is 392 g/mol. The minimum absolute atomic E-state index is 0.114. The molecule has 0 amide bonds. The molecule has 1 atom stereocenters. The molecule has 0 spiro atoms. The van der Waals surface area contributed by atoms with Gasteiger partial charge in [0.25, 0.3) is 0 Å². The molecular weight excluding hydrogens is 373 g/mol. The zero-order valence-electron chi connectivity index (χ0n) is 12.3. The van der Waals surface area contributed by atoms with Crippen LogP contribution in [0.4, 0.5) is 4.39 Å². The van der Waals surface area contributed by atoms with E-state index in [4.69, 9.17) is 0 Å². The van der Waals surface area contributed by atoms with Gasteiger partial charge >= 0.3 is 0 Å². The van der Waals surface area contributed by atoms with E-state index < -0.39 is 9.84 Å². The highest BCUT2D eigenvalue weighted by molar-refractivity contribution is 9.10. The second kappa shape index (κ2) is 7.41. The molecule has 122 valence electrons. The number of benzene rings is 1. The Balaban J connectivity index is 2.05. The minimum atomic E-state index is -2.95. The van der Waals surface area contributed by atoms with E-state index in [0.29, 0.717) is 24.5 Å². The lowest BCUT2D eigenvalue weighted by Gasteiger charge is -2.15. The number of hydrogen-bond donors (Lipinski definition) is 2. The lowest BCUT2D eigenvalue weighted by atomic mass is 10.2. The fourth-order valence-corrected chi connectivity index (χ4v) is 4.33. The predicted octanol–water partition coefficient (Wildman–Crippen LogP) is 1.83. The molecule has 0 bridgehead atoms. The number of nitrogens with one attached hydrogen (secondary N) is 2. The van der Waals surface area contributed by atoms with Crippen molar-refractivity contribution < 1.29 is 12.8 Å². The van der Waals surface area contributed by atoms with Crippen LogP contribution in [0.25, 0.3) is 0 Å². The summed E-state index contributed by atoms with van der Waals surface area (Å²) in [4.78, 5) is 4.34. The average Bonchev–Trinajstić information content (AvgIpc) is 2.79. The molecule has 2 N–H and O–H groups in total. The van der Waals surface area contributed by atoms with E-state index in [0.717, 1.165) is 4.47 Å². The van der Waals surface area contributed by atoms with Crippen LogP contribution in [-0.4, -0.2) is 38.5 Å². The summed E-state index contributed by atoms with van der Waals surface area (Å²) >= 11 is 3.30. The number of sulfone groups is 1. The third kappa shape index (κ3) is 4.95. The van der Waals surface area contributed by atoms with Crippen LogP contribution >= 0.6 is 15.9 Å². The summed E-state index contributed by atoms with van der Waals surface area (Å²) in [6.45, 7) is 2.74. The molecule has 22 heavy (non-hydrogen) atoms. The second-order valence-electron chi connectivity index (χ2n) is 5.18. The van der Waals surface area contributed by atoms with Gasteiger partial charge in [-0.05, 0) is 31.5 Å². The molecule has 8 heteroatoms. The maximum absolute atomic E-state index is 13.7. The standard InChI is InChI=1S/C14H19BrFN3O2S/c1-2-17-14(19-12-5-6-22(20,21)9-12)18-8-10-7-11(15)3-4-13(10)16/h3-4,7,12H,2,5-6,8-9H2,1H3,(H2,17,18,19). The fraction of sp³-hybridized carbons (Fsp3) is 0.500. The zero-order chi connectivity index (χ0) is 16.2. The Hall–Kier alpha value is -1.15.